The van der Waals surface area contributed by atoms with Gasteiger partial charge in [-0.05, 0) is 26.1 Å². The molecule has 0 aromatic heterocycles. The molecule has 20 heavy (non-hydrogen) atoms. The molecule has 0 unspecified atom stereocenters. The van der Waals surface area contributed by atoms with Gasteiger partial charge in [0.05, 0.1) is 7.11 Å². The molecule has 110 valence electrons. The fourth-order valence-corrected chi connectivity index (χ4v) is 1.56. The van der Waals surface area contributed by atoms with Gasteiger partial charge in [0.25, 0.3) is 5.91 Å². The third-order valence-electron chi connectivity index (χ3n) is 2.60. The number of carbonyl (C=O) groups is 2. The van der Waals surface area contributed by atoms with Crippen LogP contribution < -0.4 is 15.4 Å². The molecule has 0 saturated carbocycles. The molecule has 2 N–H and O–H groups in total. The molecular formula is C14H20N2O4. The summed E-state index contributed by atoms with van der Waals surface area (Å²) in [4.78, 5) is 23.2. The van der Waals surface area contributed by atoms with Crippen LogP contribution in [0, 0.1) is 6.92 Å². The Hall–Kier alpha value is -2.08. The lowest BCUT2D eigenvalue weighted by Gasteiger charge is -2.11. The average molecular weight is 280 g/mol. The lowest BCUT2D eigenvalue weighted by molar-refractivity contribution is -0.123. The van der Waals surface area contributed by atoms with Crippen LogP contribution in [0.25, 0.3) is 0 Å². The predicted molar refractivity (Wildman–Crippen MR) is 74.9 cm³/mol. The first kappa shape index (κ1) is 16.0. The van der Waals surface area contributed by atoms with Crippen LogP contribution >= 0.6 is 0 Å². The fourth-order valence-electron chi connectivity index (χ4n) is 1.56. The van der Waals surface area contributed by atoms with Crippen molar-refractivity contribution < 1.29 is 19.1 Å². The van der Waals surface area contributed by atoms with Gasteiger partial charge in [0, 0.05) is 13.1 Å². The summed E-state index contributed by atoms with van der Waals surface area (Å²) in [5.41, 5.74) is 1.23. The summed E-state index contributed by atoms with van der Waals surface area (Å²) < 4.78 is 10.1. The van der Waals surface area contributed by atoms with Gasteiger partial charge >= 0.3 is 5.97 Å². The molecule has 1 aromatic carbocycles. The van der Waals surface area contributed by atoms with Gasteiger partial charge in [0.15, 0.2) is 6.61 Å². The van der Waals surface area contributed by atoms with Gasteiger partial charge in [-0.1, -0.05) is 11.6 Å². The average Bonchev–Trinajstić information content (AvgIpc) is 2.45. The van der Waals surface area contributed by atoms with Crippen molar-refractivity contribution >= 4 is 11.9 Å². The number of ether oxygens (including phenoxy) is 2. The Kier molecular flexibility index (Phi) is 6.52. The Morgan fingerprint density at radius 3 is 2.65 bits per heavy atom. The maximum Gasteiger partial charge on any atom is 0.341 e. The van der Waals surface area contributed by atoms with Crippen LogP contribution in [-0.4, -0.2) is 45.7 Å². The lowest BCUT2D eigenvalue weighted by atomic mass is 10.1. The molecule has 0 saturated heterocycles. The second-order valence-corrected chi connectivity index (χ2v) is 4.23. The molecule has 0 spiro atoms. The highest BCUT2D eigenvalue weighted by molar-refractivity contribution is 5.92. The number of nitrogens with one attached hydrogen (secondary N) is 2. The number of likely N-dealkylation sites (N-methyl/N-ethyl adjacent to an activating group) is 1. The number of aryl methyl sites for hydroxylation is 1. The zero-order valence-electron chi connectivity index (χ0n) is 12.0. The van der Waals surface area contributed by atoms with E-state index in [0.717, 1.165) is 5.56 Å². The minimum atomic E-state index is -0.487. The molecule has 0 aliphatic heterocycles. The first-order valence-corrected chi connectivity index (χ1v) is 6.31. The number of rotatable bonds is 7. The van der Waals surface area contributed by atoms with Crippen molar-refractivity contribution in [1.82, 2.24) is 10.6 Å². The zero-order valence-corrected chi connectivity index (χ0v) is 12.0. The Morgan fingerprint density at radius 1 is 1.25 bits per heavy atom. The third-order valence-corrected chi connectivity index (χ3v) is 2.60. The summed E-state index contributed by atoms with van der Waals surface area (Å²) in [5, 5.41) is 5.60. The second-order valence-electron chi connectivity index (χ2n) is 4.23. The second kappa shape index (κ2) is 8.16. The van der Waals surface area contributed by atoms with Gasteiger partial charge in [-0.25, -0.2) is 4.79 Å². The normalized spacial score (nSPS) is 9.95. The summed E-state index contributed by atoms with van der Waals surface area (Å²) in [7, 11) is 3.11. The maximum atomic E-state index is 11.6. The summed E-state index contributed by atoms with van der Waals surface area (Å²) in [6, 6.07) is 5.13. The number of benzene rings is 1. The number of methoxy groups -OCH3 is 1. The van der Waals surface area contributed by atoms with E-state index in [-0.39, 0.29) is 12.5 Å². The highest BCUT2D eigenvalue weighted by Gasteiger charge is 2.14. The predicted octanol–water partition coefficient (Wildman–Crippen LogP) is 0.496. The molecule has 0 heterocycles. The molecule has 0 fully saturated rings. The molecular weight excluding hydrogens is 260 g/mol. The van der Waals surface area contributed by atoms with Crippen LogP contribution in [0.4, 0.5) is 0 Å². The number of carbonyl (C=O) groups excluding carboxylic acids is 2. The Labute approximate surface area is 118 Å². The van der Waals surface area contributed by atoms with Gasteiger partial charge in [-0.2, -0.15) is 0 Å². The van der Waals surface area contributed by atoms with E-state index in [1.54, 1.807) is 25.2 Å². The van der Waals surface area contributed by atoms with Crippen LogP contribution in [0.2, 0.25) is 0 Å². The third kappa shape index (κ3) is 4.89. The van der Waals surface area contributed by atoms with Gasteiger partial charge in [-0.3, -0.25) is 4.79 Å². The Balaban J connectivity index is 2.63. The molecule has 0 aliphatic carbocycles. The van der Waals surface area contributed by atoms with E-state index in [2.05, 4.69) is 10.6 Å². The molecule has 1 rings (SSSR count). The van der Waals surface area contributed by atoms with Crippen molar-refractivity contribution in [2.75, 3.05) is 33.9 Å². The van der Waals surface area contributed by atoms with Crippen molar-refractivity contribution in [2.24, 2.45) is 0 Å². The minimum absolute atomic E-state index is 0.142. The van der Waals surface area contributed by atoms with Crippen molar-refractivity contribution in [3.05, 3.63) is 29.3 Å². The van der Waals surface area contributed by atoms with E-state index in [4.69, 9.17) is 9.47 Å². The van der Waals surface area contributed by atoms with E-state index < -0.39 is 5.97 Å². The first-order chi connectivity index (χ1) is 9.58. The summed E-state index contributed by atoms with van der Waals surface area (Å²) >= 11 is 0. The van der Waals surface area contributed by atoms with Crippen LogP contribution in [0.1, 0.15) is 15.9 Å². The van der Waals surface area contributed by atoms with Crippen molar-refractivity contribution in [2.45, 2.75) is 6.92 Å². The summed E-state index contributed by atoms with van der Waals surface area (Å²) in [5.74, 6) is -0.387. The smallest absolute Gasteiger partial charge is 0.341 e. The Bertz CT molecular complexity index is 474. The van der Waals surface area contributed by atoms with E-state index in [1.165, 1.54) is 7.11 Å². The highest BCUT2D eigenvalue weighted by Crippen LogP contribution is 2.20. The molecule has 1 amide bonds. The maximum absolute atomic E-state index is 11.6. The lowest BCUT2D eigenvalue weighted by Crippen LogP contribution is -2.34. The van der Waals surface area contributed by atoms with E-state index in [1.807, 2.05) is 6.92 Å². The quantitative estimate of drug-likeness (QED) is 0.562. The zero-order chi connectivity index (χ0) is 15.0. The van der Waals surface area contributed by atoms with Crippen LogP contribution in [0.3, 0.4) is 0 Å². The van der Waals surface area contributed by atoms with Crippen molar-refractivity contribution in [1.29, 1.82) is 0 Å². The van der Waals surface area contributed by atoms with Gasteiger partial charge in [0.2, 0.25) is 0 Å². The van der Waals surface area contributed by atoms with Gasteiger partial charge in [0.1, 0.15) is 11.3 Å². The monoisotopic (exact) mass is 280 g/mol. The number of hydrogen-bond acceptors (Lipinski definition) is 5. The molecule has 1 aromatic rings. The molecule has 0 radical (unpaired) electrons. The first-order valence-electron chi connectivity index (χ1n) is 6.31. The van der Waals surface area contributed by atoms with Gasteiger partial charge in [-0.15, -0.1) is 0 Å². The van der Waals surface area contributed by atoms with Crippen LogP contribution in [0.15, 0.2) is 18.2 Å². The summed E-state index contributed by atoms with van der Waals surface area (Å²) in [6.45, 7) is 2.93. The summed E-state index contributed by atoms with van der Waals surface area (Å²) in [6.07, 6.45) is 0. The van der Waals surface area contributed by atoms with E-state index in [0.29, 0.717) is 24.4 Å². The molecule has 6 heteroatoms. The highest BCUT2D eigenvalue weighted by atomic mass is 16.5. The SMILES string of the molecule is CNCCNC(=O)COc1ccc(C)cc1C(=O)OC. The van der Waals surface area contributed by atoms with Crippen molar-refractivity contribution in [3.63, 3.8) is 0 Å². The van der Waals surface area contributed by atoms with Crippen molar-refractivity contribution in [3.8, 4) is 5.75 Å². The van der Waals surface area contributed by atoms with Crippen LogP contribution in [-0.2, 0) is 9.53 Å². The topological polar surface area (TPSA) is 76.7 Å². The molecule has 6 nitrogen and oxygen atoms in total. The van der Waals surface area contributed by atoms with E-state index in [9.17, 15) is 9.59 Å². The number of hydrogen-bond donors (Lipinski definition) is 2. The van der Waals surface area contributed by atoms with Gasteiger partial charge < -0.3 is 20.1 Å². The standard InChI is InChI=1S/C14H20N2O4/c1-10-4-5-12(11(8-10)14(18)19-3)20-9-13(17)16-7-6-15-2/h4-5,8,15H,6-7,9H2,1-3H3,(H,16,17). The molecule has 0 atom stereocenters. The fraction of sp³-hybridized carbons (Fsp3) is 0.429. The molecule has 0 aliphatic rings. The van der Waals surface area contributed by atoms with Crippen LogP contribution in [0.5, 0.6) is 5.75 Å². The minimum Gasteiger partial charge on any atom is -0.483 e. The number of amides is 1. The van der Waals surface area contributed by atoms with E-state index >= 15 is 0 Å². The Morgan fingerprint density at radius 2 is 2.00 bits per heavy atom. The molecule has 0 bridgehead atoms. The largest absolute Gasteiger partial charge is 0.483 e. The number of esters is 1.